The van der Waals surface area contributed by atoms with Crippen molar-refractivity contribution in [1.29, 1.82) is 0 Å². The number of hydrogen-bond acceptors (Lipinski definition) is 7. The highest BCUT2D eigenvalue weighted by Crippen LogP contribution is 2.45. The van der Waals surface area contributed by atoms with Crippen LogP contribution in [0.2, 0.25) is 0 Å². The zero-order valence-electron chi connectivity index (χ0n) is 12.1. The van der Waals surface area contributed by atoms with Gasteiger partial charge in [0, 0.05) is 23.9 Å². The summed E-state index contributed by atoms with van der Waals surface area (Å²) in [6, 6.07) is -0.227. The lowest BCUT2D eigenvalue weighted by Crippen LogP contribution is -2.29. The summed E-state index contributed by atoms with van der Waals surface area (Å²) in [6.07, 6.45) is 1.86. The van der Waals surface area contributed by atoms with Crippen LogP contribution in [0, 0.1) is 0 Å². The second-order valence-corrected chi connectivity index (χ2v) is 5.56. The second kappa shape index (κ2) is 7.00. The second-order valence-electron chi connectivity index (χ2n) is 4.59. The molecule has 2 rings (SSSR count). The smallest absolute Gasteiger partial charge is 0.336 e. The van der Waals surface area contributed by atoms with E-state index in [0.29, 0.717) is 31.0 Å². The van der Waals surface area contributed by atoms with Crippen LogP contribution in [0.25, 0.3) is 0 Å². The van der Waals surface area contributed by atoms with Gasteiger partial charge in [0.25, 0.3) is 0 Å². The van der Waals surface area contributed by atoms with E-state index in [1.807, 2.05) is 4.90 Å². The van der Waals surface area contributed by atoms with Crippen LogP contribution in [-0.4, -0.2) is 53.6 Å². The van der Waals surface area contributed by atoms with Gasteiger partial charge in [-0.3, -0.25) is 0 Å². The van der Waals surface area contributed by atoms with Gasteiger partial charge >= 0.3 is 11.9 Å². The molecule has 0 amide bonds. The van der Waals surface area contributed by atoms with Gasteiger partial charge in [0.2, 0.25) is 0 Å². The van der Waals surface area contributed by atoms with Crippen molar-refractivity contribution >= 4 is 23.7 Å². The molecule has 1 N–H and O–H groups in total. The first-order valence-electron chi connectivity index (χ1n) is 6.92. The number of ether oxygens (including phenoxy) is 2. The predicted octanol–water partition coefficient (Wildman–Crippen LogP) is 1.02. The van der Waals surface area contributed by atoms with E-state index in [-0.39, 0.29) is 18.6 Å². The van der Waals surface area contributed by atoms with E-state index < -0.39 is 5.97 Å². The summed E-state index contributed by atoms with van der Waals surface area (Å²) in [6.45, 7) is 4.04. The standard InChI is InChI=1S/C14H19NO5S/c1-3-19-12(17)6-10-8-21-13-11(14(18)20-4-2)5-9(7-16)15(10)13/h6,9,16H,3-5,7-8H2,1-2H3. The minimum Gasteiger partial charge on any atom is -0.463 e. The summed E-state index contributed by atoms with van der Waals surface area (Å²) < 4.78 is 9.96. The van der Waals surface area contributed by atoms with Crippen molar-refractivity contribution in [2.24, 2.45) is 0 Å². The van der Waals surface area contributed by atoms with E-state index in [4.69, 9.17) is 9.47 Å². The van der Waals surface area contributed by atoms with E-state index >= 15 is 0 Å². The highest BCUT2D eigenvalue weighted by Gasteiger charge is 2.41. The van der Waals surface area contributed by atoms with Gasteiger partial charge in [-0.2, -0.15) is 0 Å². The van der Waals surface area contributed by atoms with Gasteiger partial charge in [0.15, 0.2) is 0 Å². The third-order valence-electron chi connectivity index (χ3n) is 3.25. The lowest BCUT2D eigenvalue weighted by Gasteiger charge is -2.23. The molecule has 7 heteroatoms. The maximum atomic E-state index is 12.0. The molecule has 2 heterocycles. The van der Waals surface area contributed by atoms with Crippen molar-refractivity contribution in [2.45, 2.75) is 26.3 Å². The Kier molecular flexibility index (Phi) is 5.30. The number of fused-ring (bicyclic) bond motifs is 1. The number of carbonyl (C=O) groups is 2. The predicted molar refractivity (Wildman–Crippen MR) is 78.2 cm³/mol. The molecule has 116 valence electrons. The van der Waals surface area contributed by atoms with E-state index in [9.17, 15) is 14.7 Å². The molecule has 0 bridgehead atoms. The van der Waals surface area contributed by atoms with Crippen LogP contribution in [0.3, 0.4) is 0 Å². The topological polar surface area (TPSA) is 76.1 Å². The van der Waals surface area contributed by atoms with Crippen LogP contribution < -0.4 is 0 Å². The van der Waals surface area contributed by atoms with Crippen molar-refractivity contribution in [1.82, 2.24) is 4.90 Å². The molecular weight excluding hydrogens is 294 g/mol. The molecule has 0 radical (unpaired) electrons. The fraction of sp³-hybridized carbons (Fsp3) is 0.571. The lowest BCUT2D eigenvalue weighted by molar-refractivity contribution is -0.139. The van der Waals surface area contributed by atoms with Crippen molar-refractivity contribution in [3.8, 4) is 0 Å². The normalized spacial score (nSPS) is 22.7. The van der Waals surface area contributed by atoms with Gasteiger partial charge < -0.3 is 19.5 Å². The summed E-state index contributed by atoms with van der Waals surface area (Å²) in [7, 11) is 0. The number of esters is 2. The third kappa shape index (κ3) is 3.24. The van der Waals surface area contributed by atoms with Gasteiger partial charge in [-0.15, -0.1) is 11.8 Å². The quantitative estimate of drug-likeness (QED) is 0.600. The molecule has 1 unspecified atom stereocenters. The maximum absolute atomic E-state index is 12.0. The molecule has 0 spiro atoms. The number of aliphatic hydroxyl groups excluding tert-OH is 1. The molecule has 1 atom stereocenters. The Morgan fingerprint density at radius 1 is 1.38 bits per heavy atom. The fourth-order valence-electron chi connectivity index (χ4n) is 2.43. The largest absolute Gasteiger partial charge is 0.463 e. The highest BCUT2D eigenvalue weighted by molar-refractivity contribution is 8.03. The Labute approximate surface area is 127 Å². The van der Waals surface area contributed by atoms with Gasteiger partial charge in [-0.05, 0) is 13.8 Å². The van der Waals surface area contributed by atoms with Crippen LogP contribution in [0.4, 0.5) is 0 Å². The lowest BCUT2D eigenvalue weighted by atomic mass is 10.1. The molecule has 2 aliphatic heterocycles. The summed E-state index contributed by atoms with van der Waals surface area (Å²) >= 11 is 1.48. The summed E-state index contributed by atoms with van der Waals surface area (Å²) in [5.74, 6) is -0.179. The van der Waals surface area contributed by atoms with Crippen LogP contribution in [-0.2, 0) is 19.1 Å². The van der Waals surface area contributed by atoms with Gasteiger partial charge in [0.05, 0.1) is 36.5 Å². The highest BCUT2D eigenvalue weighted by atomic mass is 32.2. The van der Waals surface area contributed by atoms with Crippen molar-refractivity contribution in [3.05, 3.63) is 22.4 Å². The minimum atomic E-state index is -0.407. The SMILES string of the molecule is CCOC(=O)C=C1CSC2=C(C(=O)OCC)CC(CO)N12. The zero-order chi connectivity index (χ0) is 15.4. The Morgan fingerprint density at radius 3 is 2.71 bits per heavy atom. The molecule has 6 nitrogen and oxygen atoms in total. The van der Waals surface area contributed by atoms with E-state index in [1.54, 1.807) is 13.8 Å². The molecule has 2 aliphatic rings. The third-order valence-corrected chi connectivity index (χ3v) is 4.41. The molecule has 1 saturated heterocycles. The van der Waals surface area contributed by atoms with Crippen LogP contribution in [0.15, 0.2) is 22.4 Å². The maximum Gasteiger partial charge on any atom is 0.336 e. The van der Waals surface area contributed by atoms with Gasteiger partial charge in [0.1, 0.15) is 0 Å². The fourth-order valence-corrected chi connectivity index (χ4v) is 3.68. The number of aliphatic hydroxyl groups is 1. The summed E-state index contributed by atoms with van der Waals surface area (Å²) in [4.78, 5) is 25.4. The van der Waals surface area contributed by atoms with Crippen LogP contribution >= 0.6 is 11.8 Å². The monoisotopic (exact) mass is 313 g/mol. The van der Waals surface area contributed by atoms with E-state index in [0.717, 1.165) is 10.7 Å². The minimum absolute atomic E-state index is 0.0901. The molecule has 0 aliphatic carbocycles. The molecule has 0 aromatic carbocycles. The number of rotatable bonds is 5. The van der Waals surface area contributed by atoms with Gasteiger partial charge in [-0.1, -0.05) is 0 Å². The Bertz CT molecular complexity index is 500. The van der Waals surface area contributed by atoms with Crippen LogP contribution in [0.1, 0.15) is 20.3 Å². The molecular formula is C14H19NO5S. The summed E-state index contributed by atoms with van der Waals surface area (Å²) in [5, 5.41) is 10.3. The van der Waals surface area contributed by atoms with E-state index in [1.165, 1.54) is 17.8 Å². The Morgan fingerprint density at radius 2 is 2.10 bits per heavy atom. The zero-order valence-corrected chi connectivity index (χ0v) is 12.9. The summed E-state index contributed by atoms with van der Waals surface area (Å²) in [5.41, 5.74) is 1.33. The first kappa shape index (κ1) is 15.9. The average molecular weight is 313 g/mol. The first-order valence-corrected chi connectivity index (χ1v) is 7.91. The first-order chi connectivity index (χ1) is 10.1. The van der Waals surface area contributed by atoms with Crippen molar-refractivity contribution in [2.75, 3.05) is 25.6 Å². The Hall–Kier alpha value is -1.47. The average Bonchev–Trinajstić information content (AvgIpc) is 3.00. The number of nitrogens with zero attached hydrogens (tertiary/aromatic N) is 1. The van der Waals surface area contributed by atoms with E-state index in [2.05, 4.69) is 0 Å². The molecule has 0 saturated carbocycles. The molecule has 0 aromatic rings. The molecule has 0 aromatic heterocycles. The van der Waals surface area contributed by atoms with Crippen LogP contribution in [0.5, 0.6) is 0 Å². The van der Waals surface area contributed by atoms with Gasteiger partial charge in [-0.25, -0.2) is 9.59 Å². The van der Waals surface area contributed by atoms with Crippen molar-refractivity contribution < 1.29 is 24.2 Å². The number of thioether (sulfide) groups is 1. The molecule has 1 fully saturated rings. The van der Waals surface area contributed by atoms with Crippen molar-refractivity contribution in [3.63, 3.8) is 0 Å². The number of hydrogen-bond donors (Lipinski definition) is 1. The molecule has 21 heavy (non-hydrogen) atoms. The Balaban J connectivity index is 2.25. The number of carbonyl (C=O) groups excluding carboxylic acids is 2.